The topological polar surface area (TPSA) is 84.2 Å². The van der Waals surface area contributed by atoms with Gasteiger partial charge in [0.1, 0.15) is 0 Å². The van der Waals surface area contributed by atoms with E-state index >= 15 is 0 Å². The fourth-order valence-electron chi connectivity index (χ4n) is 3.14. The molecule has 2 aliphatic heterocycles. The predicted molar refractivity (Wildman–Crippen MR) is 76.7 cm³/mol. The van der Waals surface area contributed by atoms with Gasteiger partial charge in [-0.1, -0.05) is 11.6 Å². The van der Waals surface area contributed by atoms with Crippen LogP contribution in [0.4, 0.5) is 5.69 Å². The summed E-state index contributed by atoms with van der Waals surface area (Å²) in [4.78, 5) is 23.5. The zero-order valence-corrected chi connectivity index (χ0v) is 11.6. The molecule has 0 radical (unpaired) electrons. The van der Waals surface area contributed by atoms with Gasteiger partial charge in [-0.15, -0.1) is 0 Å². The van der Waals surface area contributed by atoms with Crippen molar-refractivity contribution in [1.29, 1.82) is 0 Å². The Kier molecular flexibility index (Phi) is 3.40. The molecule has 0 aliphatic carbocycles. The van der Waals surface area contributed by atoms with Gasteiger partial charge in [0.2, 0.25) is 11.8 Å². The zero-order valence-electron chi connectivity index (χ0n) is 10.9. The Morgan fingerprint density at radius 2 is 2.15 bits per heavy atom. The third-order valence-electron chi connectivity index (χ3n) is 4.14. The van der Waals surface area contributed by atoms with Crippen molar-refractivity contribution in [1.82, 2.24) is 5.32 Å². The van der Waals surface area contributed by atoms with E-state index in [0.717, 1.165) is 19.3 Å². The lowest BCUT2D eigenvalue weighted by Gasteiger charge is -2.19. The first kappa shape index (κ1) is 13.4. The van der Waals surface area contributed by atoms with E-state index in [1.165, 1.54) is 6.07 Å². The Morgan fingerprint density at radius 3 is 2.75 bits per heavy atom. The maximum atomic E-state index is 12.3. The average Bonchev–Trinajstić information content (AvgIpc) is 3.03. The molecule has 2 heterocycles. The molecule has 0 aromatic heterocycles. The van der Waals surface area contributed by atoms with Crippen LogP contribution in [0.1, 0.15) is 29.6 Å². The first-order valence-corrected chi connectivity index (χ1v) is 7.08. The van der Waals surface area contributed by atoms with Crippen molar-refractivity contribution in [3.8, 4) is 0 Å². The summed E-state index contributed by atoms with van der Waals surface area (Å²) in [6, 6.07) is 5.51. The SMILES string of the molecule is NC(=O)c1cc(NC(=O)C2CC3CCC2N3)ccc1Cl. The number of carbonyl (C=O) groups excluding carboxylic acids is 2. The number of benzene rings is 1. The third-order valence-corrected chi connectivity index (χ3v) is 4.47. The summed E-state index contributed by atoms with van der Waals surface area (Å²) < 4.78 is 0. The van der Waals surface area contributed by atoms with Gasteiger partial charge in [0.15, 0.2) is 0 Å². The molecule has 0 saturated carbocycles. The molecule has 3 rings (SSSR count). The van der Waals surface area contributed by atoms with Crippen LogP contribution >= 0.6 is 11.6 Å². The molecule has 4 N–H and O–H groups in total. The zero-order chi connectivity index (χ0) is 14.3. The quantitative estimate of drug-likeness (QED) is 0.790. The number of primary amides is 1. The molecule has 2 fully saturated rings. The summed E-state index contributed by atoms with van der Waals surface area (Å²) in [5, 5.41) is 6.56. The van der Waals surface area contributed by atoms with Crippen molar-refractivity contribution >= 4 is 29.1 Å². The summed E-state index contributed by atoms with van der Waals surface area (Å²) >= 11 is 5.88. The smallest absolute Gasteiger partial charge is 0.250 e. The molecule has 106 valence electrons. The highest BCUT2D eigenvalue weighted by molar-refractivity contribution is 6.34. The van der Waals surface area contributed by atoms with E-state index in [2.05, 4.69) is 10.6 Å². The predicted octanol–water partition coefficient (Wildman–Crippen LogP) is 1.52. The molecule has 2 aliphatic rings. The number of rotatable bonds is 3. The molecule has 1 aromatic carbocycles. The summed E-state index contributed by atoms with van der Waals surface area (Å²) in [5.74, 6) is -0.614. The Morgan fingerprint density at radius 1 is 1.35 bits per heavy atom. The van der Waals surface area contributed by atoms with Crippen LogP contribution in [0.3, 0.4) is 0 Å². The van der Waals surface area contributed by atoms with Crippen molar-refractivity contribution in [3.63, 3.8) is 0 Å². The summed E-state index contributed by atoms with van der Waals surface area (Å²) in [6.07, 6.45) is 3.09. The standard InChI is InChI=1S/C14H16ClN3O2/c15-11-3-1-8(5-9(11)13(16)19)18-14(20)10-6-7-2-4-12(10)17-7/h1,3,5,7,10,12,17H,2,4,6H2,(H2,16,19)(H,18,20). The van der Waals surface area contributed by atoms with Crippen LogP contribution in [0.5, 0.6) is 0 Å². The number of halogens is 1. The summed E-state index contributed by atoms with van der Waals surface area (Å²) in [6.45, 7) is 0. The second-order valence-corrected chi connectivity index (χ2v) is 5.84. The number of hydrogen-bond donors (Lipinski definition) is 3. The van der Waals surface area contributed by atoms with Crippen LogP contribution in [-0.4, -0.2) is 23.9 Å². The van der Waals surface area contributed by atoms with Gasteiger partial charge >= 0.3 is 0 Å². The number of amides is 2. The molecule has 1 aromatic rings. The van der Waals surface area contributed by atoms with E-state index in [1.54, 1.807) is 12.1 Å². The molecule has 20 heavy (non-hydrogen) atoms. The summed E-state index contributed by atoms with van der Waals surface area (Å²) in [5.41, 5.74) is 6.01. The monoisotopic (exact) mass is 293 g/mol. The van der Waals surface area contributed by atoms with Crippen LogP contribution in [-0.2, 0) is 4.79 Å². The molecule has 6 heteroatoms. The van der Waals surface area contributed by atoms with Crippen LogP contribution in [0.15, 0.2) is 18.2 Å². The second kappa shape index (κ2) is 5.07. The minimum Gasteiger partial charge on any atom is -0.366 e. The first-order valence-electron chi connectivity index (χ1n) is 6.71. The van der Waals surface area contributed by atoms with Gasteiger partial charge < -0.3 is 16.4 Å². The molecule has 2 saturated heterocycles. The van der Waals surface area contributed by atoms with Gasteiger partial charge in [0.05, 0.1) is 16.5 Å². The molecule has 2 bridgehead atoms. The number of nitrogens with one attached hydrogen (secondary N) is 2. The molecular formula is C14H16ClN3O2. The average molecular weight is 294 g/mol. The Labute approximate surface area is 121 Å². The van der Waals surface area contributed by atoms with Crippen molar-refractivity contribution in [2.45, 2.75) is 31.3 Å². The number of nitrogens with two attached hydrogens (primary N) is 1. The molecule has 2 amide bonds. The van der Waals surface area contributed by atoms with E-state index in [-0.39, 0.29) is 28.5 Å². The minimum atomic E-state index is -0.604. The van der Waals surface area contributed by atoms with Crippen molar-refractivity contribution in [3.05, 3.63) is 28.8 Å². The fraction of sp³-hybridized carbons (Fsp3) is 0.429. The van der Waals surface area contributed by atoms with Crippen molar-refractivity contribution in [2.24, 2.45) is 11.7 Å². The highest BCUT2D eigenvalue weighted by Crippen LogP contribution is 2.34. The Bertz CT molecular complexity index is 576. The number of fused-ring (bicyclic) bond motifs is 2. The molecule has 3 atom stereocenters. The Hall–Kier alpha value is -1.59. The number of anilines is 1. The molecular weight excluding hydrogens is 278 g/mol. The molecule has 0 spiro atoms. The van der Waals surface area contributed by atoms with E-state index in [9.17, 15) is 9.59 Å². The second-order valence-electron chi connectivity index (χ2n) is 5.44. The van der Waals surface area contributed by atoms with Gasteiger partial charge in [-0.2, -0.15) is 0 Å². The molecule has 5 nitrogen and oxygen atoms in total. The highest BCUT2D eigenvalue weighted by atomic mass is 35.5. The molecule has 3 unspecified atom stereocenters. The maximum absolute atomic E-state index is 12.3. The van der Waals surface area contributed by atoms with Crippen LogP contribution in [0.2, 0.25) is 5.02 Å². The minimum absolute atomic E-state index is 0.00135. The fourth-order valence-corrected chi connectivity index (χ4v) is 3.35. The van der Waals surface area contributed by atoms with Crippen LogP contribution in [0, 0.1) is 5.92 Å². The van der Waals surface area contributed by atoms with E-state index in [4.69, 9.17) is 17.3 Å². The number of carbonyl (C=O) groups is 2. The lowest BCUT2D eigenvalue weighted by atomic mass is 9.88. The van der Waals surface area contributed by atoms with Crippen LogP contribution < -0.4 is 16.4 Å². The van der Waals surface area contributed by atoms with Crippen molar-refractivity contribution < 1.29 is 9.59 Å². The lowest BCUT2D eigenvalue weighted by Crippen LogP contribution is -2.32. The maximum Gasteiger partial charge on any atom is 0.250 e. The van der Waals surface area contributed by atoms with Crippen LogP contribution in [0.25, 0.3) is 0 Å². The normalized spacial score (nSPS) is 27.6. The summed E-state index contributed by atoms with van der Waals surface area (Å²) in [7, 11) is 0. The van der Waals surface area contributed by atoms with E-state index in [0.29, 0.717) is 11.7 Å². The van der Waals surface area contributed by atoms with Gasteiger partial charge in [0.25, 0.3) is 0 Å². The lowest BCUT2D eigenvalue weighted by molar-refractivity contribution is -0.120. The van der Waals surface area contributed by atoms with Gasteiger partial charge in [-0.25, -0.2) is 0 Å². The largest absolute Gasteiger partial charge is 0.366 e. The third kappa shape index (κ3) is 2.39. The first-order chi connectivity index (χ1) is 9.54. The van der Waals surface area contributed by atoms with E-state index < -0.39 is 5.91 Å². The van der Waals surface area contributed by atoms with Crippen molar-refractivity contribution in [2.75, 3.05) is 5.32 Å². The van der Waals surface area contributed by atoms with E-state index in [1.807, 2.05) is 0 Å². The highest BCUT2D eigenvalue weighted by Gasteiger charge is 2.42. The van der Waals surface area contributed by atoms with Gasteiger partial charge in [-0.3, -0.25) is 9.59 Å². The van der Waals surface area contributed by atoms with Gasteiger partial charge in [-0.05, 0) is 37.5 Å². The number of hydrogen-bond acceptors (Lipinski definition) is 3. The van der Waals surface area contributed by atoms with Gasteiger partial charge in [0, 0.05) is 17.8 Å². The Balaban J connectivity index is 1.73.